The average molecular weight is 416 g/mol. The number of carbonyl (C=O) groups excluding carboxylic acids is 1. The number of pyridine rings is 1. The summed E-state index contributed by atoms with van der Waals surface area (Å²) >= 11 is 0. The Hall–Kier alpha value is -2.82. The Labute approximate surface area is 172 Å². The van der Waals surface area contributed by atoms with E-state index in [1.165, 1.54) is 16.8 Å². The molecular weight excluding hydrogens is 392 g/mol. The van der Waals surface area contributed by atoms with Gasteiger partial charge in [0.2, 0.25) is 5.91 Å². The smallest absolute Gasteiger partial charge is 0.328 e. The number of rotatable bonds is 5. The van der Waals surface area contributed by atoms with Crippen molar-refractivity contribution in [3.05, 3.63) is 63.2 Å². The van der Waals surface area contributed by atoms with Crippen LogP contribution in [-0.4, -0.2) is 57.7 Å². The number of nitrogens with one attached hydrogen (secondary N) is 2. The summed E-state index contributed by atoms with van der Waals surface area (Å²) in [5, 5.41) is 2.88. The molecule has 10 heteroatoms. The van der Waals surface area contributed by atoms with Gasteiger partial charge in [-0.25, -0.2) is 4.79 Å². The third kappa shape index (κ3) is 4.35. The standard InChI is InChI=1S/C20H24N4O6/c1-20(2)29-17-13(24-8-5-15(25)23-19(24)27)11-28-14(18(17)30-20)10-22-16(26)9-12-3-6-21-7-4-12/h3-8,13-14,17-18H,9-11H2,1-2H3,(H,22,26)(H,23,25,27)/t13-,14-,17+,18-/m1/s1. The molecule has 0 aromatic carbocycles. The molecule has 0 saturated carbocycles. The molecule has 10 nitrogen and oxygen atoms in total. The first-order valence-electron chi connectivity index (χ1n) is 9.77. The number of H-pyrrole nitrogens is 1. The van der Waals surface area contributed by atoms with Gasteiger partial charge in [-0.05, 0) is 31.5 Å². The van der Waals surface area contributed by atoms with Crippen LogP contribution < -0.4 is 16.6 Å². The van der Waals surface area contributed by atoms with Gasteiger partial charge in [0.25, 0.3) is 5.56 Å². The molecule has 2 N–H and O–H groups in total. The predicted molar refractivity (Wildman–Crippen MR) is 105 cm³/mol. The Morgan fingerprint density at radius 2 is 1.97 bits per heavy atom. The Balaban J connectivity index is 1.46. The molecule has 0 aliphatic carbocycles. The van der Waals surface area contributed by atoms with Gasteiger partial charge < -0.3 is 19.5 Å². The van der Waals surface area contributed by atoms with E-state index >= 15 is 0 Å². The number of hydrogen-bond donors (Lipinski definition) is 2. The Bertz CT molecular complexity index is 1020. The number of hydrogen-bond acceptors (Lipinski definition) is 7. The van der Waals surface area contributed by atoms with Gasteiger partial charge in [0.1, 0.15) is 18.3 Å². The number of amides is 1. The minimum Gasteiger partial charge on any atom is -0.371 e. The summed E-state index contributed by atoms with van der Waals surface area (Å²) in [5.74, 6) is -1.01. The van der Waals surface area contributed by atoms with Crippen LogP contribution in [0.2, 0.25) is 0 Å². The monoisotopic (exact) mass is 416 g/mol. The maximum Gasteiger partial charge on any atom is 0.328 e. The molecule has 2 aromatic rings. The molecular formula is C20H24N4O6. The molecule has 0 spiro atoms. The highest BCUT2D eigenvalue weighted by molar-refractivity contribution is 5.78. The second-order valence-electron chi connectivity index (χ2n) is 7.86. The maximum atomic E-state index is 12.3. The second-order valence-corrected chi connectivity index (χ2v) is 7.86. The number of ether oxygens (including phenoxy) is 3. The van der Waals surface area contributed by atoms with E-state index in [-0.39, 0.29) is 25.5 Å². The van der Waals surface area contributed by atoms with Crippen molar-refractivity contribution >= 4 is 5.91 Å². The van der Waals surface area contributed by atoms with Gasteiger partial charge in [0.05, 0.1) is 19.1 Å². The molecule has 0 radical (unpaired) electrons. The van der Waals surface area contributed by atoms with Gasteiger partial charge in [-0.1, -0.05) is 0 Å². The number of nitrogens with zero attached hydrogens (tertiary/aromatic N) is 2. The summed E-state index contributed by atoms with van der Waals surface area (Å²) in [5.41, 5.74) is -0.139. The summed E-state index contributed by atoms with van der Waals surface area (Å²) in [6.45, 7) is 4.00. The largest absolute Gasteiger partial charge is 0.371 e. The van der Waals surface area contributed by atoms with Crippen LogP contribution in [0.5, 0.6) is 0 Å². The van der Waals surface area contributed by atoms with Crippen molar-refractivity contribution in [2.24, 2.45) is 0 Å². The van der Waals surface area contributed by atoms with E-state index in [1.807, 2.05) is 0 Å². The Kier molecular flexibility index (Phi) is 5.54. The number of fused-ring (bicyclic) bond motifs is 1. The zero-order valence-corrected chi connectivity index (χ0v) is 16.7. The maximum absolute atomic E-state index is 12.3. The molecule has 0 unspecified atom stereocenters. The molecule has 30 heavy (non-hydrogen) atoms. The van der Waals surface area contributed by atoms with E-state index in [0.717, 1.165) is 5.56 Å². The van der Waals surface area contributed by atoms with Crippen LogP contribution in [0, 0.1) is 0 Å². The van der Waals surface area contributed by atoms with Gasteiger partial charge in [-0.3, -0.25) is 24.1 Å². The third-order valence-electron chi connectivity index (χ3n) is 5.21. The van der Waals surface area contributed by atoms with Gasteiger partial charge >= 0.3 is 5.69 Å². The lowest BCUT2D eigenvalue weighted by atomic mass is 9.97. The molecule has 0 bridgehead atoms. The lowest BCUT2D eigenvalue weighted by molar-refractivity contribution is -0.153. The minimum atomic E-state index is -0.869. The number of carbonyl (C=O) groups is 1. The normalized spacial score (nSPS) is 27.4. The molecule has 160 valence electrons. The van der Waals surface area contributed by atoms with Crippen molar-refractivity contribution in [2.75, 3.05) is 13.2 Å². The van der Waals surface area contributed by atoms with Crippen LogP contribution in [0.25, 0.3) is 0 Å². The van der Waals surface area contributed by atoms with Gasteiger partial charge in [0.15, 0.2) is 5.79 Å². The van der Waals surface area contributed by atoms with Crippen molar-refractivity contribution in [1.82, 2.24) is 19.9 Å². The Morgan fingerprint density at radius 1 is 1.23 bits per heavy atom. The Morgan fingerprint density at radius 3 is 2.70 bits per heavy atom. The second kappa shape index (κ2) is 8.13. The minimum absolute atomic E-state index is 0.140. The summed E-state index contributed by atoms with van der Waals surface area (Å²) in [6.07, 6.45) is 3.55. The van der Waals surface area contributed by atoms with Crippen LogP contribution in [0.1, 0.15) is 25.5 Å². The number of aromatic amines is 1. The van der Waals surface area contributed by atoms with Crippen LogP contribution in [0.15, 0.2) is 46.4 Å². The quantitative estimate of drug-likeness (QED) is 0.689. The highest BCUT2D eigenvalue weighted by Crippen LogP contribution is 2.39. The molecule has 4 rings (SSSR count). The fraction of sp³-hybridized carbons (Fsp3) is 0.500. The summed E-state index contributed by atoms with van der Waals surface area (Å²) < 4.78 is 19.4. The fourth-order valence-corrected chi connectivity index (χ4v) is 3.88. The number of aromatic nitrogens is 3. The first-order chi connectivity index (χ1) is 14.3. The van der Waals surface area contributed by atoms with Crippen molar-refractivity contribution in [2.45, 2.75) is 50.4 Å². The van der Waals surface area contributed by atoms with E-state index in [0.29, 0.717) is 0 Å². The zero-order valence-electron chi connectivity index (χ0n) is 16.7. The third-order valence-corrected chi connectivity index (χ3v) is 5.21. The first kappa shape index (κ1) is 20.5. The van der Waals surface area contributed by atoms with E-state index in [4.69, 9.17) is 14.2 Å². The van der Waals surface area contributed by atoms with Crippen molar-refractivity contribution in [3.63, 3.8) is 0 Å². The topological polar surface area (TPSA) is 125 Å². The van der Waals surface area contributed by atoms with Gasteiger partial charge in [-0.2, -0.15) is 0 Å². The molecule has 2 aliphatic rings. The summed E-state index contributed by atoms with van der Waals surface area (Å²) in [4.78, 5) is 42.1. The van der Waals surface area contributed by atoms with Crippen molar-refractivity contribution in [3.8, 4) is 0 Å². The van der Waals surface area contributed by atoms with Crippen LogP contribution in [-0.2, 0) is 25.4 Å². The van der Waals surface area contributed by atoms with E-state index in [9.17, 15) is 14.4 Å². The lowest BCUT2D eigenvalue weighted by Crippen LogP contribution is -2.54. The van der Waals surface area contributed by atoms with Crippen LogP contribution >= 0.6 is 0 Å². The zero-order chi connectivity index (χ0) is 21.3. The van der Waals surface area contributed by atoms with E-state index in [2.05, 4.69) is 15.3 Å². The summed E-state index contributed by atoms with van der Waals surface area (Å²) in [7, 11) is 0. The molecule has 2 aromatic heterocycles. The molecule has 4 atom stereocenters. The predicted octanol–water partition coefficient (Wildman–Crippen LogP) is -0.249. The molecule has 2 fully saturated rings. The van der Waals surface area contributed by atoms with Crippen molar-refractivity contribution in [1.29, 1.82) is 0 Å². The molecule has 2 saturated heterocycles. The van der Waals surface area contributed by atoms with Crippen molar-refractivity contribution < 1.29 is 19.0 Å². The van der Waals surface area contributed by atoms with Crippen LogP contribution in [0.3, 0.4) is 0 Å². The van der Waals surface area contributed by atoms with Gasteiger partial charge in [0, 0.05) is 31.2 Å². The molecule has 4 heterocycles. The first-order valence-corrected chi connectivity index (χ1v) is 9.77. The van der Waals surface area contributed by atoms with Crippen LogP contribution in [0.4, 0.5) is 0 Å². The lowest BCUT2D eigenvalue weighted by Gasteiger charge is -2.37. The average Bonchev–Trinajstić information content (AvgIpc) is 3.02. The molecule has 2 aliphatic heterocycles. The van der Waals surface area contributed by atoms with Gasteiger partial charge in [-0.15, -0.1) is 0 Å². The molecule has 1 amide bonds. The summed E-state index contributed by atoms with van der Waals surface area (Å²) in [6, 6.07) is 4.39. The highest BCUT2D eigenvalue weighted by Gasteiger charge is 2.52. The van der Waals surface area contributed by atoms with E-state index < -0.39 is 41.4 Å². The highest BCUT2D eigenvalue weighted by atomic mass is 16.8. The van der Waals surface area contributed by atoms with E-state index in [1.54, 1.807) is 38.4 Å². The fourth-order valence-electron chi connectivity index (χ4n) is 3.88. The SMILES string of the molecule is CC1(C)O[C@@H]2[C@H](O1)[C@@H](CNC(=O)Cc1ccncc1)OC[C@H]2n1ccc(=O)[nH]c1=O.